The molecule has 0 bridgehead atoms. The van der Waals surface area contributed by atoms with Crippen LogP contribution in [0.4, 0.5) is 0 Å². The number of terminal acetylenes is 1. The molecule has 12 heavy (non-hydrogen) atoms. The third-order valence-corrected chi connectivity index (χ3v) is 2.80. The van der Waals surface area contributed by atoms with E-state index in [1.165, 1.54) is 6.42 Å². The molecule has 1 fully saturated rings. The lowest BCUT2D eigenvalue weighted by molar-refractivity contribution is -0.00218. The van der Waals surface area contributed by atoms with Crippen molar-refractivity contribution in [2.45, 2.75) is 37.7 Å². The van der Waals surface area contributed by atoms with Crippen LogP contribution in [-0.2, 0) is 0 Å². The molecule has 2 atom stereocenters. The van der Waals surface area contributed by atoms with Gasteiger partial charge in [-0.05, 0) is 12.8 Å². The zero-order chi connectivity index (χ0) is 9.03. The van der Waals surface area contributed by atoms with Crippen molar-refractivity contribution in [1.29, 1.82) is 0 Å². The summed E-state index contributed by atoms with van der Waals surface area (Å²) in [5, 5.41) is 10.1. The van der Waals surface area contributed by atoms with Crippen LogP contribution in [-0.4, -0.2) is 10.7 Å². The predicted molar refractivity (Wildman–Crippen MR) is 50.6 cm³/mol. The zero-order valence-corrected chi connectivity index (χ0v) is 7.42. The predicted octanol–water partition coefficient (Wildman–Crippen LogP) is 2.12. The Labute approximate surface area is 74.5 Å². The van der Waals surface area contributed by atoms with Crippen LogP contribution in [0.1, 0.15) is 32.1 Å². The van der Waals surface area contributed by atoms with E-state index < -0.39 is 5.60 Å². The summed E-state index contributed by atoms with van der Waals surface area (Å²) >= 11 is 0. The molecule has 0 saturated heterocycles. The fourth-order valence-electron chi connectivity index (χ4n) is 1.94. The van der Waals surface area contributed by atoms with Crippen molar-refractivity contribution in [1.82, 2.24) is 0 Å². The molecule has 0 radical (unpaired) electrons. The molecular formula is C11H16O. The molecule has 0 spiro atoms. The molecule has 0 unspecified atom stereocenters. The van der Waals surface area contributed by atoms with Crippen molar-refractivity contribution in [2.24, 2.45) is 5.92 Å². The van der Waals surface area contributed by atoms with E-state index in [-0.39, 0.29) is 5.92 Å². The second-order valence-corrected chi connectivity index (χ2v) is 3.55. The molecule has 66 valence electrons. The Bertz CT molecular complexity index is 202. The van der Waals surface area contributed by atoms with Gasteiger partial charge in [-0.15, -0.1) is 18.9 Å². The van der Waals surface area contributed by atoms with Crippen molar-refractivity contribution >= 4 is 0 Å². The molecule has 1 aliphatic rings. The third-order valence-electron chi connectivity index (χ3n) is 2.80. The minimum Gasteiger partial charge on any atom is -0.385 e. The molecule has 1 aliphatic carbocycles. The largest absolute Gasteiger partial charge is 0.385 e. The van der Waals surface area contributed by atoms with Gasteiger partial charge in [-0.25, -0.2) is 0 Å². The molecule has 1 N–H and O–H groups in total. The quantitative estimate of drug-likeness (QED) is 0.489. The molecule has 0 aromatic rings. The summed E-state index contributed by atoms with van der Waals surface area (Å²) in [6, 6.07) is 0. The molecule has 1 heteroatoms. The topological polar surface area (TPSA) is 20.2 Å². The van der Waals surface area contributed by atoms with Gasteiger partial charge in [0.05, 0.1) is 5.60 Å². The highest BCUT2D eigenvalue weighted by Gasteiger charge is 2.35. The van der Waals surface area contributed by atoms with Crippen LogP contribution in [0.15, 0.2) is 12.7 Å². The van der Waals surface area contributed by atoms with Crippen molar-refractivity contribution in [3.63, 3.8) is 0 Å². The normalized spacial score (nSPS) is 35.5. The highest BCUT2D eigenvalue weighted by atomic mass is 16.3. The number of aliphatic hydroxyl groups is 1. The smallest absolute Gasteiger partial charge is 0.0862 e. The van der Waals surface area contributed by atoms with Gasteiger partial charge < -0.3 is 5.11 Å². The monoisotopic (exact) mass is 164 g/mol. The van der Waals surface area contributed by atoms with Gasteiger partial charge in [0, 0.05) is 12.3 Å². The first kappa shape index (κ1) is 9.35. The molecule has 0 heterocycles. The first-order chi connectivity index (χ1) is 5.73. The van der Waals surface area contributed by atoms with E-state index in [0.717, 1.165) is 19.3 Å². The lowest BCUT2D eigenvalue weighted by Crippen LogP contribution is -2.38. The molecule has 1 nitrogen and oxygen atoms in total. The summed E-state index contributed by atoms with van der Waals surface area (Å²) in [4.78, 5) is 0. The van der Waals surface area contributed by atoms with Crippen molar-refractivity contribution in [2.75, 3.05) is 0 Å². The van der Waals surface area contributed by atoms with E-state index in [1.807, 2.05) is 0 Å². The Morgan fingerprint density at radius 3 is 3.00 bits per heavy atom. The summed E-state index contributed by atoms with van der Waals surface area (Å²) in [5.74, 6) is 2.85. The zero-order valence-electron chi connectivity index (χ0n) is 7.42. The van der Waals surface area contributed by atoms with E-state index in [2.05, 4.69) is 12.5 Å². The van der Waals surface area contributed by atoms with Gasteiger partial charge in [0.15, 0.2) is 0 Å². The van der Waals surface area contributed by atoms with Crippen LogP contribution in [0.25, 0.3) is 0 Å². The highest BCUT2D eigenvalue weighted by Crippen LogP contribution is 2.36. The lowest BCUT2D eigenvalue weighted by Gasteiger charge is -2.36. The fourth-order valence-corrected chi connectivity index (χ4v) is 1.94. The fraction of sp³-hybridized carbons (Fsp3) is 0.636. The summed E-state index contributed by atoms with van der Waals surface area (Å²) in [6.07, 6.45) is 11.7. The van der Waals surface area contributed by atoms with Crippen LogP contribution in [0.2, 0.25) is 0 Å². The van der Waals surface area contributed by atoms with Crippen LogP contribution < -0.4 is 0 Å². The molecule has 1 rings (SSSR count). The Kier molecular flexibility index (Phi) is 2.94. The van der Waals surface area contributed by atoms with E-state index >= 15 is 0 Å². The van der Waals surface area contributed by atoms with Gasteiger partial charge in [-0.3, -0.25) is 0 Å². The van der Waals surface area contributed by atoms with E-state index in [4.69, 9.17) is 6.42 Å². The molecule has 0 amide bonds. The van der Waals surface area contributed by atoms with Gasteiger partial charge in [0.25, 0.3) is 0 Å². The summed E-state index contributed by atoms with van der Waals surface area (Å²) in [6.45, 7) is 3.67. The minimum absolute atomic E-state index is 0.230. The Morgan fingerprint density at radius 1 is 1.67 bits per heavy atom. The van der Waals surface area contributed by atoms with Gasteiger partial charge in [-0.2, -0.15) is 0 Å². The van der Waals surface area contributed by atoms with Gasteiger partial charge in [0.1, 0.15) is 0 Å². The van der Waals surface area contributed by atoms with Crippen molar-refractivity contribution in [3.05, 3.63) is 12.7 Å². The average Bonchev–Trinajstić information content (AvgIpc) is 2.10. The second kappa shape index (κ2) is 3.78. The number of hydrogen-bond acceptors (Lipinski definition) is 1. The summed E-state index contributed by atoms with van der Waals surface area (Å²) in [7, 11) is 0. The number of rotatable bonds is 2. The molecule has 0 aliphatic heterocycles. The van der Waals surface area contributed by atoms with Crippen LogP contribution in [0.3, 0.4) is 0 Å². The maximum absolute atomic E-state index is 10.1. The third kappa shape index (κ3) is 1.70. The van der Waals surface area contributed by atoms with Gasteiger partial charge in [-0.1, -0.05) is 18.9 Å². The molecular weight excluding hydrogens is 148 g/mol. The van der Waals surface area contributed by atoms with Gasteiger partial charge >= 0.3 is 0 Å². The van der Waals surface area contributed by atoms with Crippen LogP contribution >= 0.6 is 0 Å². The maximum atomic E-state index is 10.1. The van der Waals surface area contributed by atoms with Crippen molar-refractivity contribution < 1.29 is 5.11 Å². The Morgan fingerprint density at radius 2 is 2.42 bits per heavy atom. The maximum Gasteiger partial charge on any atom is 0.0862 e. The SMILES string of the molecule is C#CC[C@@H]1CCCC[C@]1(O)C=C. The second-order valence-electron chi connectivity index (χ2n) is 3.55. The minimum atomic E-state index is -0.690. The summed E-state index contributed by atoms with van der Waals surface area (Å²) in [5.41, 5.74) is -0.690. The average molecular weight is 164 g/mol. The standard InChI is InChI=1S/C11H16O/c1-3-7-10-8-5-6-9-11(10,12)4-2/h1,4,10,12H,2,5-9H2/t10-,11-/m1/s1. The molecule has 0 aromatic carbocycles. The van der Waals surface area contributed by atoms with Crippen LogP contribution in [0.5, 0.6) is 0 Å². The molecule has 0 aromatic heterocycles. The first-order valence-corrected chi connectivity index (χ1v) is 4.52. The Balaban J connectivity index is 2.67. The Hall–Kier alpha value is -0.740. The number of hydrogen-bond donors (Lipinski definition) is 1. The van der Waals surface area contributed by atoms with Crippen molar-refractivity contribution in [3.8, 4) is 12.3 Å². The van der Waals surface area contributed by atoms with Crippen LogP contribution in [0, 0.1) is 18.3 Å². The highest BCUT2D eigenvalue weighted by molar-refractivity contribution is 5.05. The lowest BCUT2D eigenvalue weighted by atomic mass is 9.74. The molecule has 1 saturated carbocycles. The van der Waals surface area contributed by atoms with E-state index in [0.29, 0.717) is 6.42 Å². The van der Waals surface area contributed by atoms with E-state index in [9.17, 15) is 5.11 Å². The van der Waals surface area contributed by atoms with E-state index in [1.54, 1.807) is 6.08 Å². The van der Waals surface area contributed by atoms with Gasteiger partial charge in [0.2, 0.25) is 0 Å². The first-order valence-electron chi connectivity index (χ1n) is 4.52. The summed E-state index contributed by atoms with van der Waals surface area (Å²) < 4.78 is 0.